The van der Waals surface area contributed by atoms with E-state index < -0.39 is 0 Å². The molecule has 0 N–H and O–H groups in total. The first-order chi connectivity index (χ1) is 9.15. The van der Waals surface area contributed by atoms with Gasteiger partial charge in [0.1, 0.15) is 0 Å². The number of aryl methyl sites for hydroxylation is 1. The fraction of sp³-hybridized carbons (Fsp3) is 0.533. The molecule has 1 saturated heterocycles. The molecule has 3 rings (SSSR count). The van der Waals surface area contributed by atoms with Crippen LogP contribution in [0, 0.1) is 12.8 Å². The lowest BCUT2D eigenvalue weighted by atomic mass is 10.1. The maximum Gasteiger partial charge on any atom is 0.225 e. The van der Waals surface area contributed by atoms with Crippen LogP contribution in [0.25, 0.3) is 0 Å². The molecule has 0 radical (unpaired) electrons. The third-order valence-electron chi connectivity index (χ3n) is 4.02. The molecule has 1 aliphatic carbocycles. The van der Waals surface area contributed by atoms with Gasteiger partial charge in [-0.3, -0.25) is 4.79 Å². The van der Waals surface area contributed by atoms with Crippen LogP contribution in [-0.2, 0) is 4.79 Å². The van der Waals surface area contributed by atoms with E-state index in [1.165, 1.54) is 11.3 Å². The number of carbonyl (C=O) groups is 1. The number of rotatable bonds is 2. The van der Waals surface area contributed by atoms with Crippen molar-refractivity contribution in [2.45, 2.75) is 19.8 Å². The summed E-state index contributed by atoms with van der Waals surface area (Å²) in [5, 5.41) is 0. The largest absolute Gasteiger partial charge is 0.368 e. The third-order valence-corrected chi connectivity index (χ3v) is 4.51. The molecule has 0 unspecified atom stereocenters. The molecule has 2 aliphatic rings. The number of hydrogen-bond donors (Lipinski definition) is 0. The molecular weight excluding hydrogens is 304 g/mol. The number of piperazine rings is 1. The van der Waals surface area contributed by atoms with Gasteiger partial charge >= 0.3 is 0 Å². The number of anilines is 1. The van der Waals surface area contributed by atoms with Gasteiger partial charge in [-0.05, 0) is 43.5 Å². The van der Waals surface area contributed by atoms with Gasteiger partial charge in [-0.1, -0.05) is 15.9 Å². The van der Waals surface area contributed by atoms with E-state index in [2.05, 4.69) is 46.0 Å². The maximum atomic E-state index is 12.0. The minimum Gasteiger partial charge on any atom is -0.368 e. The molecule has 1 amide bonds. The first-order valence-electron chi connectivity index (χ1n) is 6.95. The molecule has 19 heavy (non-hydrogen) atoms. The number of benzene rings is 1. The number of amides is 1. The van der Waals surface area contributed by atoms with Crippen LogP contribution in [0.5, 0.6) is 0 Å². The van der Waals surface area contributed by atoms with Crippen LogP contribution < -0.4 is 4.90 Å². The predicted molar refractivity (Wildman–Crippen MR) is 80.4 cm³/mol. The fourth-order valence-corrected chi connectivity index (χ4v) is 3.21. The van der Waals surface area contributed by atoms with Gasteiger partial charge in [0, 0.05) is 42.3 Å². The van der Waals surface area contributed by atoms with E-state index in [1.54, 1.807) is 0 Å². The summed E-state index contributed by atoms with van der Waals surface area (Å²) in [7, 11) is 0. The van der Waals surface area contributed by atoms with E-state index in [0.717, 1.165) is 43.5 Å². The van der Waals surface area contributed by atoms with E-state index in [-0.39, 0.29) is 0 Å². The predicted octanol–water partition coefficient (Wildman–Crippen LogP) is 2.82. The Kier molecular flexibility index (Phi) is 3.52. The van der Waals surface area contributed by atoms with Crippen molar-refractivity contribution < 1.29 is 4.79 Å². The van der Waals surface area contributed by atoms with Crippen molar-refractivity contribution in [2.75, 3.05) is 31.1 Å². The van der Waals surface area contributed by atoms with Crippen LogP contribution >= 0.6 is 15.9 Å². The Bertz CT molecular complexity index is 491. The fourth-order valence-electron chi connectivity index (χ4n) is 2.73. The average Bonchev–Trinajstić information content (AvgIpc) is 3.22. The van der Waals surface area contributed by atoms with Crippen LogP contribution in [0.2, 0.25) is 0 Å². The summed E-state index contributed by atoms with van der Waals surface area (Å²) >= 11 is 3.50. The number of carbonyl (C=O) groups excluding carboxylic acids is 1. The van der Waals surface area contributed by atoms with Crippen molar-refractivity contribution in [2.24, 2.45) is 5.92 Å². The summed E-state index contributed by atoms with van der Waals surface area (Å²) in [4.78, 5) is 16.4. The zero-order valence-electron chi connectivity index (χ0n) is 11.2. The summed E-state index contributed by atoms with van der Waals surface area (Å²) in [6.45, 7) is 5.76. The van der Waals surface area contributed by atoms with Gasteiger partial charge in [-0.15, -0.1) is 0 Å². The van der Waals surface area contributed by atoms with Crippen molar-refractivity contribution >= 4 is 27.5 Å². The molecule has 3 nitrogen and oxygen atoms in total. The first kappa shape index (κ1) is 13.0. The number of nitrogens with zero attached hydrogens (tertiary/aromatic N) is 2. The summed E-state index contributed by atoms with van der Waals surface area (Å²) in [5.74, 6) is 0.730. The zero-order chi connectivity index (χ0) is 13.4. The average molecular weight is 323 g/mol. The van der Waals surface area contributed by atoms with E-state index in [4.69, 9.17) is 0 Å². The minimum absolute atomic E-state index is 0.348. The highest BCUT2D eigenvalue weighted by atomic mass is 79.9. The van der Waals surface area contributed by atoms with E-state index in [9.17, 15) is 4.79 Å². The standard InChI is InChI=1S/C15H19BrN2O/c1-11-10-13(16)4-5-14(11)17-6-8-18(9-7-17)15(19)12-2-3-12/h4-5,10,12H,2-3,6-9H2,1H3. The quantitative estimate of drug-likeness (QED) is 0.836. The van der Waals surface area contributed by atoms with E-state index in [1.807, 2.05) is 4.90 Å². The molecule has 1 aliphatic heterocycles. The lowest BCUT2D eigenvalue weighted by molar-refractivity contribution is -0.132. The smallest absolute Gasteiger partial charge is 0.225 e. The third kappa shape index (κ3) is 2.78. The summed E-state index contributed by atoms with van der Waals surface area (Å²) in [6, 6.07) is 6.40. The highest BCUT2D eigenvalue weighted by molar-refractivity contribution is 9.10. The van der Waals surface area contributed by atoms with Crippen LogP contribution in [-0.4, -0.2) is 37.0 Å². The molecule has 1 aromatic carbocycles. The van der Waals surface area contributed by atoms with Gasteiger partial charge in [-0.25, -0.2) is 0 Å². The maximum absolute atomic E-state index is 12.0. The van der Waals surface area contributed by atoms with Crippen molar-refractivity contribution in [1.82, 2.24) is 4.90 Å². The second-order valence-electron chi connectivity index (χ2n) is 5.52. The number of hydrogen-bond acceptors (Lipinski definition) is 2. The Morgan fingerprint density at radius 3 is 2.47 bits per heavy atom. The highest BCUT2D eigenvalue weighted by Gasteiger charge is 2.34. The van der Waals surface area contributed by atoms with Crippen molar-refractivity contribution in [1.29, 1.82) is 0 Å². The molecule has 0 spiro atoms. The van der Waals surface area contributed by atoms with Crippen molar-refractivity contribution in [3.8, 4) is 0 Å². The Hall–Kier alpha value is -1.03. The molecule has 1 aromatic rings. The minimum atomic E-state index is 0.348. The van der Waals surface area contributed by atoms with Crippen LogP contribution in [0.4, 0.5) is 5.69 Å². The van der Waals surface area contributed by atoms with Crippen LogP contribution in [0.1, 0.15) is 18.4 Å². The molecule has 0 bridgehead atoms. The van der Waals surface area contributed by atoms with Gasteiger partial charge in [0.05, 0.1) is 0 Å². The lowest BCUT2D eigenvalue weighted by Gasteiger charge is -2.37. The monoisotopic (exact) mass is 322 g/mol. The summed E-state index contributed by atoms with van der Waals surface area (Å²) in [5.41, 5.74) is 2.58. The molecule has 1 saturated carbocycles. The van der Waals surface area contributed by atoms with Crippen LogP contribution in [0.3, 0.4) is 0 Å². The second-order valence-corrected chi connectivity index (χ2v) is 6.43. The molecule has 2 fully saturated rings. The Balaban J connectivity index is 1.64. The molecule has 0 atom stereocenters. The van der Waals surface area contributed by atoms with Gasteiger partial charge in [-0.2, -0.15) is 0 Å². The van der Waals surface area contributed by atoms with Crippen molar-refractivity contribution in [3.63, 3.8) is 0 Å². The summed E-state index contributed by atoms with van der Waals surface area (Å²) in [6.07, 6.45) is 2.20. The SMILES string of the molecule is Cc1cc(Br)ccc1N1CCN(C(=O)C2CC2)CC1. The van der Waals surface area contributed by atoms with E-state index in [0.29, 0.717) is 11.8 Å². The van der Waals surface area contributed by atoms with Crippen LogP contribution in [0.15, 0.2) is 22.7 Å². The highest BCUT2D eigenvalue weighted by Crippen LogP contribution is 2.32. The normalized spacial score (nSPS) is 19.7. The second kappa shape index (κ2) is 5.16. The summed E-state index contributed by atoms with van der Waals surface area (Å²) < 4.78 is 1.12. The lowest BCUT2D eigenvalue weighted by Crippen LogP contribution is -2.49. The van der Waals surface area contributed by atoms with E-state index >= 15 is 0 Å². The Morgan fingerprint density at radius 2 is 1.89 bits per heavy atom. The topological polar surface area (TPSA) is 23.6 Å². The van der Waals surface area contributed by atoms with Gasteiger partial charge < -0.3 is 9.80 Å². The number of halogens is 1. The molecule has 1 heterocycles. The zero-order valence-corrected chi connectivity index (χ0v) is 12.8. The Labute approximate surface area is 122 Å². The molecule has 102 valence electrons. The molecule has 0 aromatic heterocycles. The Morgan fingerprint density at radius 1 is 1.21 bits per heavy atom. The van der Waals surface area contributed by atoms with Gasteiger partial charge in [0.15, 0.2) is 0 Å². The van der Waals surface area contributed by atoms with Gasteiger partial charge in [0.2, 0.25) is 5.91 Å². The molecule has 4 heteroatoms. The van der Waals surface area contributed by atoms with Crippen molar-refractivity contribution in [3.05, 3.63) is 28.2 Å². The van der Waals surface area contributed by atoms with Gasteiger partial charge in [0.25, 0.3) is 0 Å². The molecular formula is C15H19BrN2O. The first-order valence-corrected chi connectivity index (χ1v) is 7.74.